The second-order valence-corrected chi connectivity index (χ2v) is 10.6. The van der Waals surface area contributed by atoms with Crippen molar-refractivity contribution in [2.75, 3.05) is 36.7 Å². The zero-order valence-corrected chi connectivity index (χ0v) is 17.9. The maximum absolute atomic E-state index is 13.0. The van der Waals surface area contributed by atoms with Crippen molar-refractivity contribution < 1.29 is 18.1 Å². The van der Waals surface area contributed by atoms with Crippen molar-refractivity contribution in [2.24, 2.45) is 0 Å². The van der Waals surface area contributed by atoms with Crippen LogP contribution in [0.3, 0.4) is 0 Å². The lowest BCUT2D eigenvalue weighted by Crippen LogP contribution is -3.13. The predicted octanol–water partition coefficient (Wildman–Crippen LogP) is 1.000. The summed E-state index contributed by atoms with van der Waals surface area (Å²) in [5.74, 6) is 0.0448. The van der Waals surface area contributed by atoms with Crippen LogP contribution in [0.5, 0.6) is 0 Å². The smallest absolute Gasteiger partial charge is 0.254 e. The average molecular weight is 421 g/mol. The number of amides is 1. The van der Waals surface area contributed by atoms with Gasteiger partial charge in [0, 0.05) is 11.6 Å². The number of carbonyl (C=O) groups excluding carboxylic acids is 1. The van der Waals surface area contributed by atoms with Crippen molar-refractivity contribution in [2.45, 2.75) is 25.9 Å². The molecule has 2 aliphatic rings. The molecule has 0 radical (unpaired) electrons. The van der Waals surface area contributed by atoms with Gasteiger partial charge in [-0.3, -0.25) is 9.10 Å². The van der Waals surface area contributed by atoms with Gasteiger partial charge in [-0.1, -0.05) is 6.07 Å². The largest absolute Gasteiger partial charge is 0.328 e. The Bertz CT molecular complexity index is 965. The maximum Gasteiger partial charge on any atom is 0.254 e. The Hall–Kier alpha value is -1.90. The summed E-state index contributed by atoms with van der Waals surface area (Å²) in [6.45, 7) is 6.34. The Morgan fingerprint density at radius 2 is 2.00 bits per heavy atom. The molecule has 1 N–H and O–H groups in total. The number of carbonyl (C=O) groups is 1. The summed E-state index contributed by atoms with van der Waals surface area (Å²) < 4.78 is 25.6. The van der Waals surface area contributed by atoms with Gasteiger partial charge < -0.3 is 9.80 Å². The first-order valence-electron chi connectivity index (χ1n) is 9.60. The first kappa shape index (κ1) is 19.4. The molecule has 3 heterocycles. The van der Waals surface area contributed by atoms with E-state index in [1.165, 1.54) is 20.3 Å². The molecule has 6 nitrogen and oxygen atoms in total. The fraction of sp³-hybridized carbons (Fsp3) is 0.450. The van der Waals surface area contributed by atoms with Crippen molar-refractivity contribution in [1.29, 1.82) is 0 Å². The van der Waals surface area contributed by atoms with Crippen LogP contribution >= 0.6 is 11.3 Å². The molecule has 0 bridgehead atoms. The summed E-state index contributed by atoms with van der Waals surface area (Å²) in [6, 6.07) is 9.57. The predicted molar refractivity (Wildman–Crippen MR) is 112 cm³/mol. The minimum Gasteiger partial charge on any atom is -0.328 e. The Morgan fingerprint density at radius 1 is 1.25 bits per heavy atom. The standard InChI is InChI=1S/C20H25N3O3S2/c1-15-12-17-13-16(5-6-19(17)23(15)28(2,25)26)20(24)22-9-7-21(8-10-22)14-18-4-3-11-27-18/h3-6,11,13,15H,7-10,12,14H2,1-2H3/p+1/t15-/m0/s1. The molecular formula is C20H26N3O3S2+. The number of sulfonamides is 1. The summed E-state index contributed by atoms with van der Waals surface area (Å²) in [5.41, 5.74) is 2.30. The molecule has 150 valence electrons. The summed E-state index contributed by atoms with van der Waals surface area (Å²) in [5, 5.41) is 2.11. The molecule has 0 aliphatic carbocycles. The van der Waals surface area contributed by atoms with E-state index in [-0.39, 0.29) is 11.9 Å². The monoisotopic (exact) mass is 420 g/mol. The molecule has 2 aliphatic heterocycles. The molecule has 1 saturated heterocycles. The average Bonchev–Trinajstić information content (AvgIpc) is 3.27. The Morgan fingerprint density at radius 3 is 2.64 bits per heavy atom. The van der Waals surface area contributed by atoms with Crippen LogP contribution in [0.2, 0.25) is 0 Å². The normalized spacial score (nSPS) is 20.4. The fourth-order valence-electron chi connectivity index (χ4n) is 4.29. The zero-order chi connectivity index (χ0) is 19.9. The van der Waals surface area contributed by atoms with Crippen LogP contribution in [-0.4, -0.2) is 57.7 Å². The third kappa shape index (κ3) is 3.81. The van der Waals surface area contributed by atoms with Crippen LogP contribution in [0.4, 0.5) is 5.69 Å². The quantitative estimate of drug-likeness (QED) is 0.803. The highest BCUT2D eigenvalue weighted by Crippen LogP contribution is 2.34. The number of hydrogen-bond acceptors (Lipinski definition) is 4. The summed E-state index contributed by atoms with van der Waals surface area (Å²) in [4.78, 5) is 17.8. The lowest BCUT2D eigenvalue weighted by molar-refractivity contribution is -0.917. The molecule has 4 rings (SSSR count). The van der Waals surface area contributed by atoms with Crippen molar-refractivity contribution in [1.82, 2.24) is 4.90 Å². The number of anilines is 1. The second kappa shape index (κ2) is 7.50. The molecule has 1 amide bonds. The SMILES string of the molecule is C[C@H]1Cc2cc(C(=O)N3CC[NH+](Cc4cccs4)CC3)ccc2N1S(C)(=O)=O. The molecule has 1 fully saturated rings. The number of rotatable bonds is 4. The molecule has 0 unspecified atom stereocenters. The van der Waals surface area contributed by atoms with Gasteiger partial charge in [0.1, 0.15) is 6.54 Å². The number of nitrogens with one attached hydrogen (secondary N) is 1. The van der Waals surface area contributed by atoms with E-state index in [2.05, 4.69) is 17.5 Å². The highest BCUT2D eigenvalue weighted by atomic mass is 32.2. The van der Waals surface area contributed by atoms with Crippen LogP contribution in [-0.2, 0) is 23.0 Å². The minimum atomic E-state index is -3.31. The first-order chi connectivity index (χ1) is 13.3. The third-order valence-corrected chi connectivity index (χ3v) is 7.75. The van der Waals surface area contributed by atoms with E-state index in [0.717, 1.165) is 38.3 Å². The van der Waals surface area contributed by atoms with E-state index >= 15 is 0 Å². The number of piperazine rings is 1. The summed E-state index contributed by atoms with van der Waals surface area (Å²) in [6.07, 6.45) is 1.87. The molecule has 28 heavy (non-hydrogen) atoms. The van der Waals surface area contributed by atoms with E-state index in [1.807, 2.05) is 17.9 Å². The van der Waals surface area contributed by atoms with Gasteiger partial charge in [0.2, 0.25) is 10.0 Å². The molecule has 1 aromatic heterocycles. The molecule has 1 aromatic carbocycles. The highest BCUT2D eigenvalue weighted by molar-refractivity contribution is 7.92. The van der Waals surface area contributed by atoms with Gasteiger partial charge in [-0.15, -0.1) is 11.3 Å². The molecule has 0 saturated carbocycles. The van der Waals surface area contributed by atoms with Crippen LogP contribution in [0.15, 0.2) is 35.7 Å². The zero-order valence-electron chi connectivity index (χ0n) is 16.2. The van der Waals surface area contributed by atoms with Crippen LogP contribution < -0.4 is 9.21 Å². The molecule has 2 aromatic rings. The Kier molecular flexibility index (Phi) is 5.20. The number of quaternary nitrogens is 1. The Labute approximate surface area is 170 Å². The van der Waals surface area contributed by atoms with E-state index in [9.17, 15) is 13.2 Å². The van der Waals surface area contributed by atoms with Crippen molar-refractivity contribution >= 4 is 33.0 Å². The van der Waals surface area contributed by atoms with Crippen molar-refractivity contribution in [3.8, 4) is 0 Å². The van der Waals surface area contributed by atoms with Crippen LogP contribution in [0, 0.1) is 0 Å². The van der Waals surface area contributed by atoms with E-state index in [4.69, 9.17) is 0 Å². The highest BCUT2D eigenvalue weighted by Gasteiger charge is 2.33. The number of fused-ring (bicyclic) bond motifs is 1. The lowest BCUT2D eigenvalue weighted by Gasteiger charge is -2.32. The van der Waals surface area contributed by atoms with E-state index in [1.54, 1.807) is 23.5 Å². The fourth-order valence-corrected chi connectivity index (χ4v) is 6.33. The van der Waals surface area contributed by atoms with Crippen molar-refractivity contribution in [3.63, 3.8) is 0 Å². The van der Waals surface area contributed by atoms with Gasteiger partial charge in [-0.2, -0.15) is 0 Å². The van der Waals surface area contributed by atoms with E-state index in [0.29, 0.717) is 17.7 Å². The van der Waals surface area contributed by atoms with E-state index < -0.39 is 10.0 Å². The molecule has 0 spiro atoms. The minimum absolute atomic E-state index is 0.0448. The second-order valence-electron chi connectivity index (χ2n) is 7.75. The lowest BCUT2D eigenvalue weighted by atomic mass is 10.1. The molecular weight excluding hydrogens is 394 g/mol. The summed E-state index contributed by atoms with van der Waals surface area (Å²) >= 11 is 1.79. The number of nitrogens with zero attached hydrogens (tertiary/aromatic N) is 2. The third-order valence-electron chi connectivity index (χ3n) is 5.60. The first-order valence-corrected chi connectivity index (χ1v) is 12.3. The van der Waals surface area contributed by atoms with Gasteiger partial charge in [-0.05, 0) is 48.6 Å². The molecule has 8 heteroatoms. The summed E-state index contributed by atoms with van der Waals surface area (Å²) in [7, 11) is -3.31. The van der Waals surface area contributed by atoms with Gasteiger partial charge >= 0.3 is 0 Å². The van der Waals surface area contributed by atoms with Crippen LogP contribution in [0.1, 0.15) is 27.7 Å². The number of thiophene rings is 1. The Balaban J connectivity index is 1.43. The van der Waals surface area contributed by atoms with Gasteiger partial charge in [-0.25, -0.2) is 8.42 Å². The maximum atomic E-state index is 13.0. The van der Waals surface area contributed by atoms with Gasteiger partial charge in [0.05, 0.1) is 43.0 Å². The number of hydrogen-bond donors (Lipinski definition) is 1. The van der Waals surface area contributed by atoms with Gasteiger partial charge in [0.15, 0.2) is 0 Å². The topological polar surface area (TPSA) is 62.1 Å². The molecule has 1 atom stereocenters. The van der Waals surface area contributed by atoms with Crippen LogP contribution in [0.25, 0.3) is 0 Å². The van der Waals surface area contributed by atoms with Crippen molar-refractivity contribution in [3.05, 3.63) is 51.7 Å². The van der Waals surface area contributed by atoms with Gasteiger partial charge in [0.25, 0.3) is 5.91 Å². The number of benzene rings is 1.